The molecule has 0 unspecified atom stereocenters. The van der Waals surface area contributed by atoms with Crippen LogP contribution in [0.3, 0.4) is 0 Å². The maximum atomic E-state index is 14.3. The smallest absolute Gasteiger partial charge is 0.295 e. The van der Waals surface area contributed by atoms with Crippen molar-refractivity contribution in [3.8, 4) is 11.3 Å². The number of imidazole rings is 1. The van der Waals surface area contributed by atoms with Gasteiger partial charge in [0.05, 0.1) is 17.6 Å². The number of fused-ring (bicyclic) bond motifs is 2. The summed E-state index contributed by atoms with van der Waals surface area (Å²) in [6.45, 7) is 6.41. The first-order chi connectivity index (χ1) is 13.8. The molecule has 1 aliphatic heterocycles. The molecule has 0 spiro atoms. The van der Waals surface area contributed by atoms with Gasteiger partial charge in [-0.05, 0) is 64.2 Å². The molecule has 0 amide bonds. The van der Waals surface area contributed by atoms with Crippen LogP contribution < -0.4 is 5.12 Å². The van der Waals surface area contributed by atoms with Crippen LogP contribution in [0.2, 0.25) is 0 Å². The number of aromatic nitrogens is 4. The van der Waals surface area contributed by atoms with Crippen molar-refractivity contribution >= 4 is 22.8 Å². The predicted octanol–water partition coefficient (Wildman–Crippen LogP) is 4.10. The Morgan fingerprint density at radius 3 is 2.47 bits per heavy atom. The number of aryl methyl sites for hydroxylation is 2. The van der Waals surface area contributed by atoms with Crippen molar-refractivity contribution in [1.82, 2.24) is 24.5 Å². The molecule has 30 heavy (non-hydrogen) atoms. The Hall–Kier alpha value is -2.54. The van der Waals surface area contributed by atoms with Gasteiger partial charge in [-0.3, -0.25) is 0 Å². The zero-order valence-electron chi connectivity index (χ0n) is 16.9. The van der Waals surface area contributed by atoms with E-state index in [9.17, 15) is 8.87 Å². The maximum absolute atomic E-state index is 14.3. The number of halogens is 2. The molecule has 0 aliphatic carbocycles. The fraction of sp³-hybridized carbons (Fsp3) is 0.300. The Morgan fingerprint density at radius 2 is 1.87 bits per heavy atom. The van der Waals surface area contributed by atoms with E-state index in [1.54, 1.807) is 16.8 Å². The van der Waals surface area contributed by atoms with Gasteiger partial charge in [-0.15, -0.1) is 4.48 Å². The number of benzene rings is 1. The van der Waals surface area contributed by atoms with E-state index in [0.717, 1.165) is 16.9 Å². The van der Waals surface area contributed by atoms with E-state index in [1.165, 1.54) is 25.6 Å². The predicted molar refractivity (Wildman–Crippen MR) is 106 cm³/mol. The fourth-order valence-corrected chi connectivity index (χ4v) is 3.09. The van der Waals surface area contributed by atoms with E-state index < -0.39 is 11.8 Å². The minimum atomic E-state index is -0.624. The quantitative estimate of drug-likeness (QED) is 0.338. The monoisotopic (exact) mass is 451 g/mol. The number of nitrogens with zero attached hydrogens (tertiary/aromatic N) is 6. The molecular formula is C20H21CrF2N6O-. The molecule has 4 aromatic rings. The number of likely N-dealkylation sites (tertiary alicyclic amines) is 1. The van der Waals surface area contributed by atoms with Crippen LogP contribution in [0, 0.1) is 26.7 Å². The van der Waals surface area contributed by atoms with Crippen LogP contribution in [-0.4, -0.2) is 44.6 Å². The Morgan fingerprint density at radius 1 is 1.17 bits per heavy atom. The summed E-state index contributed by atoms with van der Waals surface area (Å²) < 4.78 is 34.2. The third-order valence-electron chi connectivity index (χ3n) is 4.75. The van der Waals surface area contributed by atoms with Gasteiger partial charge in [-0.2, -0.15) is 10.1 Å². The van der Waals surface area contributed by atoms with Crippen molar-refractivity contribution in [2.45, 2.75) is 20.3 Å². The summed E-state index contributed by atoms with van der Waals surface area (Å²) in [5.74, 6) is -0.624. The molecule has 0 radical (unpaired) electrons. The van der Waals surface area contributed by atoms with E-state index in [2.05, 4.69) is 34.1 Å². The van der Waals surface area contributed by atoms with E-state index >= 15 is 0 Å². The minimum absolute atomic E-state index is 0. The van der Waals surface area contributed by atoms with Crippen molar-refractivity contribution in [1.29, 1.82) is 0 Å². The molecule has 0 N–H and O–H groups in total. The topological polar surface area (TPSA) is 62.7 Å². The molecule has 7 nitrogen and oxygen atoms in total. The van der Waals surface area contributed by atoms with Gasteiger partial charge in [0.2, 0.25) is 0 Å². The molecule has 1 saturated heterocycles. The van der Waals surface area contributed by atoms with E-state index in [4.69, 9.17) is 4.42 Å². The second-order valence-electron chi connectivity index (χ2n) is 7.18. The zero-order chi connectivity index (χ0) is 20.7. The normalized spacial score (nSPS) is 13.5. The number of rotatable bonds is 2. The second kappa shape index (κ2) is 8.68. The zero-order valence-corrected chi connectivity index (χ0v) is 18.2. The van der Waals surface area contributed by atoms with Gasteiger partial charge in [-0.25, -0.2) is 20.9 Å². The van der Waals surface area contributed by atoms with Crippen LogP contribution in [0.4, 0.5) is 14.9 Å². The average molecular weight is 451 g/mol. The minimum Gasteiger partial charge on any atom is -0.423 e. The summed E-state index contributed by atoms with van der Waals surface area (Å²) in [5.41, 5.74) is 3.58. The van der Waals surface area contributed by atoms with Gasteiger partial charge in [0.25, 0.3) is 6.01 Å². The number of hydrogen-bond acceptors (Lipinski definition) is 6. The second-order valence-corrected chi connectivity index (χ2v) is 7.18. The Labute approximate surface area is 183 Å². The standard InChI is InChI=1S/C16H12F2N5O.C4H9N.Cr/c1-8-4-12(21-23-7-9(2)19-15(8)23)10-5-11(17)14-13(6-10)24-16(20-14)22(3)18;1-5-3-2-4-5;/h4-7H,3H2,1-2H3;2-4H2,1H3;/q-1;;. The first kappa shape index (κ1) is 22.2. The Bertz CT molecular complexity index is 1190. The van der Waals surface area contributed by atoms with Crippen LogP contribution in [0.25, 0.3) is 28.0 Å². The van der Waals surface area contributed by atoms with Crippen LogP contribution in [0.1, 0.15) is 17.7 Å². The number of hydrogen-bond donors (Lipinski definition) is 0. The van der Waals surface area contributed by atoms with Gasteiger partial charge >= 0.3 is 0 Å². The molecule has 1 aliphatic rings. The van der Waals surface area contributed by atoms with Crippen molar-refractivity contribution in [2.75, 3.05) is 25.3 Å². The molecule has 0 atom stereocenters. The molecule has 0 saturated carbocycles. The first-order valence-corrected chi connectivity index (χ1v) is 9.21. The molecule has 5 rings (SSSR count). The number of anilines is 1. The molecule has 1 fully saturated rings. The van der Waals surface area contributed by atoms with E-state index in [0.29, 0.717) is 11.3 Å². The molecule has 3 aromatic heterocycles. The van der Waals surface area contributed by atoms with Gasteiger partial charge < -0.3 is 14.4 Å². The first-order valence-electron chi connectivity index (χ1n) is 9.21. The van der Waals surface area contributed by atoms with Crippen molar-refractivity contribution in [3.05, 3.63) is 48.5 Å². The third-order valence-corrected chi connectivity index (χ3v) is 4.75. The third kappa shape index (κ3) is 4.31. The molecule has 158 valence electrons. The summed E-state index contributed by atoms with van der Waals surface area (Å²) in [7, 11) is 5.17. The Balaban J connectivity index is 0.000000376. The van der Waals surface area contributed by atoms with Crippen LogP contribution in [0.15, 0.2) is 28.8 Å². The van der Waals surface area contributed by atoms with Crippen molar-refractivity contribution in [3.63, 3.8) is 0 Å². The molecule has 10 heteroatoms. The Kier molecular flexibility index (Phi) is 6.41. The summed E-state index contributed by atoms with van der Waals surface area (Å²) in [6, 6.07) is 4.25. The number of oxazole rings is 1. The summed E-state index contributed by atoms with van der Waals surface area (Å²) in [5, 5.41) is 4.39. The van der Waals surface area contributed by atoms with Crippen molar-refractivity contribution in [2.24, 2.45) is 0 Å². The van der Waals surface area contributed by atoms with Crippen LogP contribution in [0.5, 0.6) is 0 Å². The van der Waals surface area contributed by atoms with Crippen LogP contribution >= 0.6 is 0 Å². The summed E-state index contributed by atoms with van der Waals surface area (Å²) >= 11 is 0. The maximum Gasteiger partial charge on any atom is 0.295 e. The molecule has 0 bridgehead atoms. The molecule has 1 aromatic carbocycles. The largest absolute Gasteiger partial charge is 0.423 e. The average Bonchev–Trinajstić information content (AvgIpc) is 3.24. The fourth-order valence-electron chi connectivity index (χ4n) is 3.09. The van der Waals surface area contributed by atoms with Gasteiger partial charge in [0, 0.05) is 22.9 Å². The van der Waals surface area contributed by atoms with Gasteiger partial charge in [0.1, 0.15) is 5.52 Å². The van der Waals surface area contributed by atoms with Gasteiger partial charge in [-0.1, -0.05) is 0 Å². The van der Waals surface area contributed by atoms with E-state index in [1.807, 2.05) is 19.9 Å². The van der Waals surface area contributed by atoms with Gasteiger partial charge in [0.15, 0.2) is 17.0 Å². The van der Waals surface area contributed by atoms with Crippen LogP contribution in [-0.2, 0) is 17.4 Å². The van der Waals surface area contributed by atoms with E-state index in [-0.39, 0.29) is 33.6 Å². The molecular weight excluding hydrogens is 430 g/mol. The van der Waals surface area contributed by atoms with Crippen molar-refractivity contribution < 1.29 is 30.6 Å². The molecule has 4 heterocycles. The SMILES string of the molecule is CN1CCC1.[CH2-]N(F)c1nc2c(F)cc(-c3cc(C)c4nc(C)cn4n3)cc2o1.[Cr]. The summed E-state index contributed by atoms with van der Waals surface area (Å²) in [4.78, 5) is 10.4. The summed E-state index contributed by atoms with van der Waals surface area (Å²) in [6.07, 6.45) is 3.20.